The van der Waals surface area contributed by atoms with Crippen LogP contribution in [-0.2, 0) is 5.41 Å². The Hall–Kier alpha value is -2.23. The van der Waals surface area contributed by atoms with Gasteiger partial charge in [-0.25, -0.2) is 19.6 Å². The van der Waals surface area contributed by atoms with E-state index in [1.165, 1.54) is 29.6 Å². The average molecular weight is 462 g/mol. The van der Waals surface area contributed by atoms with E-state index in [0.29, 0.717) is 11.4 Å². The maximum absolute atomic E-state index is 14.1. The lowest BCUT2D eigenvalue weighted by Crippen LogP contribution is -2.42. The topological polar surface area (TPSA) is 68.8 Å². The summed E-state index contributed by atoms with van der Waals surface area (Å²) < 4.78 is 43.7. The van der Waals surface area contributed by atoms with Crippen LogP contribution in [0.2, 0.25) is 15.3 Å². The van der Waals surface area contributed by atoms with Gasteiger partial charge >= 0.3 is 6.18 Å². The summed E-state index contributed by atoms with van der Waals surface area (Å²) in [7, 11) is 0. The van der Waals surface area contributed by atoms with E-state index < -0.39 is 17.6 Å². The molecule has 0 bridgehead atoms. The molecule has 2 unspecified atom stereocenters. The quantitative estimate of drug-likeness (QED) is 0.513. The highest BCUT2D eigenvalue weighted by molar-refractivity contribution is 6.32. The van der Waals surface area contributed by atoms with Crippen molar-refractivity contribution in [1.82, 2.24) is 24.7 Å². The molecule has 29 heavy (non-hydrogen) atoms. The third kappa shape index (κ3) is 3.58. The summed E-state index contributed by atoms with van der Waals surface area (Å²) in [6, 6.07) is 3.01. The third-order valence-corrected chi connectivity index (χ3v) is 5.30. The molecule has 2 atom stereocenters. The van der Waals surface area contributed by atoms with E-state index in [0.717, 1.165) is 18.3 Å². The molecular formula is C17H10Cl3F3N6. The molecule has 0 radical (unpaired) electrons. The van der Waals surface area contributed by atoms with Crippen LogP contribution in [0.25, 0.3) is 5.82 Å². The zero-order valence-electron chi connectivity index (χ0n) is 14.3. The van der Waals surface area contributed by atoms with Crippen LogP contribution >= 0.6 is 34.8 Å². The summed E-state index contributed by atoms with van der Waals surface area (Å²) in [5.41, 5.74) is -2.04. The van der Waals surface area contributed by atoms with Gasteiger partial charge in [0, 0.05) is 12.4 Å². The third-order valence-electron chi connectivity index (χ3n) is 4.64. The van der Waals surface area contributed by atoms with Gasteiger partial charge in [-0.3, -0.25) is 4.99 Å². The van der Waals surface area contributed by atoms with Crippen molar-refractivity contribution in [3.63, 3.8) is 0 Å². The number of hydrogen-bond acceptors (Lipinski definition) is 5. The molecule has 0 aliphatic carbocycles. The second-order valence-electron chi connectivity index (χ2n) is 6.38. The molecule has 0 amide bonds. The van der Waals surface area contributed by atoms with Crippen molar-refractivity contribution in [2.75, 3.05) is 0 Å². The van der Waals surface area contributed by atoms with Gasteiger partial charge in [0.2, 0.25) is 0 Å². The smallest absolute Gasteiger partial charge is 0.288 e. The molecule has 3 aromatic heterocycles. The normalized spacial score (nSPS) is 21.7. The second kappa shape index (κ2) is 7.23. The highest BCUT2D eigenvalue weighted by Gasteiger charge is 2.58. The zero-order chi connectivity index (χ0) is 20.8. The van der Waals surface area contributed by atoms with Crippen LogP contribution in [0.4, 0.5) is 13.2 Å². The predicted octanol–water partition coefficient (Wildman–Crippen LogP) is 5.03. The fourth-order valence-corrected chi connectivity index (χ4v) is 3.93. The van der Waals surface area contributed by atoms with Gasteiger partial charge in [0.1, 0.15) is 28.4 Å². The van der Waals surface area contributed by atoms with Gasteiger partial charge in [-0.1, -0.05) is 34.8 Å². The van der Waals surface area contributed by atoms with Crippen LogP contribution in [0.5, 0.6) is 0 Å². The number of hydrogen-bond donors (Lipinski definition) is 0. The van der Waals surface area contributed by atoms with Gasteiger partial charge in [0.05, 0.1) is 11.1 Å². The van der Waals surface area contributed by atoms with E-state index in [1.54, 1.807) is 0 Å². The lowest BCUT2D eigenvalue weighted by Gasteiger charge is -2.30. The number of alkyl halides is 3. The molecule has 1 aliphatic heterocycles. The SMILES string of the molecule is FC(F)(F)C1(c2cc(Cl)nc(Cl)c2)C=NC(c2cnc(-n3cncn3)c(Cl)c2)C1. The molecule has 0 aromatic carbocycles. The van der Waals surface area contributed by atoms with Crippen LogP contribution in [-0.4, -0.2) is 37.1 Å². The first-order valence-corrected chi connectivity index (χ1v) is 9.28. The van der Waals surface area contributed by atoms with E-state index in [1.807, 2.05) is 0 Å². The molecule has 12 heteroatoms. The first kappa shape index (κ1) is 20.1. The number of rotatable bonds is 3. The van der Waals surface area contributed by atoms with Gasteiger partial charge in [0.15, 0.2) is 5.82 Å². The van der Waals surface area contributed by atoms with Crippen molar-refractivity contribution < 1.29 is 13.2 Å². The molecule has 4 heterocycles. The Morgan fingerprint density at radius 1 is 1.10 bits per heavy atom. The van der Waals surface area contributed by atoms with Gasteiger partial charge < -0.3 is 0 Å². The summed E-state index contributed by atoms with van der Waals surface area (Å²) in [5, 5.41) is 3.89. The standard InChI is InChI=1S/C17H10Cl3F3N6/c18-11-1-9(5-25-15(11)29-8-24-7-27-29)12-4-16(6-26-12,17(21,22)23)10-2-13(19)28-14(20)3-10/h1-3,5-8,12H,4H2. The number of aliphatic imine (C=N–C) groups is 1. The number of nitrogens with zero attached hydrogens (tertiary/aromatic N) is 6. The summed E-state index contributed by atoms with van der Waals surface area (Å²) in [6.45, 7) is 0. The van der Waals surface area contributed by atoms with Crippen LogP contribution in [0, 0.1) is 0 Å². The van der Waals surface area contributed by atoms with Crippen molar-refractivity contribution in [1.29, 1.82) is 0 Å². The highest BCUT2D eigenvalue weighted by atomic mass is 35.5. The van der Waals surface area contributed by atoms with E-state index >= 15 is 0 Å². The zero-order valence-corrected chi connectivity index (χ0v) is 16.5. The molecule has 0 N–H and O–H groups in total. The molecule has 6 nitrogen and oxygen atoms in total. The van der Waals surface area contributed by atoms with Crippen molar-refractivity contribution in [3.8, 4) is 5.82 Å². The number of pyridine rings is 2. The van der Waals surface area contributed by atoms with Crippen molar-refractivity contribution in [3.05, 3.63) is 63.5 Å². The maximum atomic E-state index is 14.1. The summed E-state index contributed by atoms with van der Waals surface area (Å²) >= 11 is 17.9. The van der Waals surface area contributed by atoms with Crippen LogP contribution < -0.4 is 0 Å². The Bertz CT molecular complexity index is 1070. The van der Waals surface area contributed by atoms with Crippen molar-refractivity contribution >= 4 is 41.0 Å². The van der Waals surface area contributed by atoms with Gasteiger partial charge in [-0.15, -0.1) is 0 Å². The Morgan fingerprint density at radius 2 is 1.83 bits per heavy atom. The Kier molecular flexibility index (Phi) is 5.00. The monoisotopic (exact) mass is 460 g/mol. The fourth-order valence-electron chi connectivity index (χ4n) is 3.21. The summed E-state index contributed by atoms with van der Waals surface area (Å²) in [4.78, 5) is 15.8. The summed E-state index contributed by atoms with van der Waals surface area (Å²) in [5.74, 6) is 0.310. The van der Waals surface area contributed by atoms with Crippen LogP contribution in [0.3, 0.4) is 0 Å². The van der Waals surface area contributed by atoms with E-state index in [-0.39, 0.29) is 27.3 Å². The molecule has 4 rings (SSSR count). The minimum Gasteiger partial charge on any atom is -0.288 e. The first-order chi connectivity index (χ1) is 13.7. The average Bonchev–Trinajstić information content (AvgIpc) is 3.31. The Labute approximate surface area is 177 Å². The van der Waals surface area contributed by atoms with E-state index in [4.69, 9.17) is 34.8 Å². The van der Waals surface area contributed by atoms with Crippen molar-refractivity contribution in [2.24, 2.45) is 4.99 Å². The first-order valence-electron chi connectivity index (χ1n) is 8.15. The van der Waals surface area contributed by atoms with E-state index in [9.17, 15) is 13.2 Å². The fraction of sp³-hybridized carbons (Fsp3) is 0.235. The lowest BCUT2D eigenvalue weighted by atomic mass is 9.77. The highest BCUT2D eigenvalue weighted by Crippen LogP contribution is 2.50. The lowest BCUT2D eigenvalue weighted by molar-refractivity contribution is -0.168. The minimum absolute atomic E-state index is 0.125. The van der Waals surface area contributed by atoms with Crippen molar-refractivity contribution in [2.45, 2.75) is 24.1 Å². The Balaban J connectivity index is 1.71. The molecule has 0 saturated carbocycles. The second-order valence-corrected chi connectivity index (χ2v) is 7.56. The van der Waals surface area contributed by atoms with Gasteiger partial charge in [0.25, 0.3) is 0 Å². The predicted molar refractivity (Wildman–Crippen MR) is 102 cm³/mol. The largest absolute Gasteiger partial charge is 0.403 e. The molecule has 150 valence electrons. The van der Waals surface area contributed by atoms with Crippen LogP contribution in [0.1, 0.15) is 23.6 Å². The van der Waals surface area contributed by atoms with Gasteiger partial charge in [-0.05, 0) is 35.7 Å². The van der Waals surface area contributed by atoms with Crippen LogP contribution in [0.15, 0.2) is 42.0 Å². The summed E-state index contributed by atoms with van der Waals surface area (Å²) in [6.07, 6.45) is 0.0246. The van der Waals surface area contributed by atoms with E-state index in [2.05, 4.69) is 25.0 Å². The molecular weight excluding hydrogens is 452 g/mol. The molecule has 0 saturated heterocycles. The maximum Gasteiger partial charge on any atom is 0.403 e. The molecule has 3 aromatic rings. The molecule has 0 fully saturated rings. The number of aromatic nitrogens is 5. The Morgan fingerprint density at radius 3 is 2.41 bits per heavy atom. The number of halogens is 6. The minimum atomic E-state index is -4.63. The molecule has 1 aliphatic rings. The molecule has 0 spiro atoms. The van der Waals surface area contributed by atoms with Gasteiger partial charge in [-0.2, -0.15) is 18.3 Å².